The molecule has 0 aromatic heterocycles. The van der Waals surface area contributed by atoms with Gasteiger partial charge < -0.3 is 15.5 Å². The van der Waals surface area contributed by atoms with Crippen molar-refractivity contribution in [2.24, 2.45) is 5.73 Å². The predicted octanol–water partition coefficient (Wildman–Crippen LogP) is 1.20. The summed E-state index contributed by atoms with van der Waals surface area (Å²) < 4.78 is 0. The van der Waals surface area contributed by atoms with E-state index < -0.39 is 0 Å². The van der Waals surface area contributed by atoms with Gasteiger partial charge in [0.25, 0.3) is 0 Å². The third-order valence-electron chi connectivity index (χ3n) is 4.35. The van der Waals surface area contributed by atoms with Crippen LogP contribution in [-0.4, -0.2) is 54.0 Å². The van der Waals surface area contributed by atoms with Crippen molar-refractivity contribution in [2.45, 2.75) is 57.5 Å². The third-order valence-corrected chi connectivity index (χ3v) is 4.35. The number of likely N-dealkylation sites (tertiary alicyclic amines) is 2. The van der Waals surface area contributed by atoms with Gasteiger partial charge in [0.05, 0.1) is 6.04 Å². The van der Waals surface area contributed by atoms with Crippen LogP contribution in [0, 0.1) is 0 Å². The SMILES string of the molecule is CCC[C@H](N)C(=O)N1CCC(N2CCCC2)CC1. The number of piperidine rings is 1. The topological polar surface area (TPSA) is 49.6 Å². The molecule has 0 aromatic rings. The molecule has 4 nitrogen and oxygen atoms in total. The molecule has 1 amide bonds. The van der Waals surface area contributed by atoms with Crippen LogP contribution >= 0.6 is 0 Å². The molecule has 2 aliphatic heterocycles. The van der Waals surface area contributed by atoms with E-state index in [1.165, 1.54) is 25.9 Å². The minimum atomic E-state index is -0.279. The Balaban J connectivity index is 1.77. The van der Waals surface area contributed by atoms with Crippen LogP contribution in [-0.2, 0) is 4.79 Å². The van der Waals surface area contributed by atoms with E-state index in [4.69, 9.17) is 5.73 Å². The normalized spacial score (nSPS) is 24.4. The summed E-state index contributed by atoms with van der Waals surface area (Å²) in [7, 11) is 0. The molecule has 0 saturated carbocycles. The highest BCUT2D eigenvalue weighted by Crippen LogP contribution is 2.21. The van der Waals surface area contributed by atoms with E-state index in [1.807, 2.05) is 4.90 Å². The number of carbonyl (C=O) groups is 1. The van der Waals surface area contributed by atoms with Gasteiger partial charge in [0.15, 0.2) is 0 Å². The van der Waals surface area contributed by atoms with Gasteiger partial charge >= 0.3 is 0 Å². The standard InChI is InChI=1S/C14H27N3O/c1-2-5-13(15)14(18)17-10-6-12(7-11-17)16-8-3-4-9-16/h12-13H,2-11,15H2,1H3/t13-/m0/s1. The van der Waals surface area contributed by atoms with Crippen LogP contribution in [0.2, 0.25) is 0 Å². The van der Waals surface area contributed by atoms with Gasteiger partial charge in [-0.25, -0.2) is 0 Å². The van der Waals surface area contributed by atoms with Crippen molar-refractivity contribution in [1.82, 2.24) is 9.80 Å². The van der Waals surface area contributed by atoms with Crippen molar-refractivity contribution in [3.63, 3.8) is 0 Å². The number of nitrogens with two attached hydrogens (primary N) is 1. The summed E-state index contributed by atoms with van der Waals surface area (Å²) in [5, 5.41) is 0. The van der Waals surface area contributed by atoms with Gasteiger partial charge in [-0.15, -0.1) is 0 Å². The fourth-order valence-corrected chi connectivity index (χ4v) is 3.23. The summed E-state index contributed by atoms with van der Waals surface area (Å²) in [6, 6.07) is 0.428. The second kappa shape index (κ2) is 6.53. The van der Waals surface area contributed by atoms with Gasteiger partial charge in [0, 0.05) is 19.1 Å². The van der Waals surface area contributed by atoms with Gasteiger partial charge in [-0.1, -0.05) is 13.3 Å². The molecule has 0 aromatic carbocycles. The van der Waals surface area contributed by atoms with Crippen molar-refractivity contribution in [3.05, 3.63) is 0 Å². The van der Waals surface area contributed by atoms with Crippen LogP contribution in [0.15, 0.2) is 0 Å². The zero-order valence-corrected chi connectivity index (χ0v) is 11.6. The predicted molar refractivity (Wildman–Crippen MR) is 73.3 cm³/mol. The Bertz CT molecular complexity index is 268. The lowest BCUT2D eigenvalue weighted by molar-refractivity contribution is -0.134. The lowest BCUT2D eigenvalue weighted by Gasteiger charge is -2.37. The van der Waals surface area contributed by atoms with Gasteiger partial charge in [-0.2, -0.15) is 0 Å². The highest BCUT2D eigenvalue weighted by molar-refractivity contribution is 5.81. The molecule has 2 heterocycles. The minimum absolute atomic E-state index is 0.164. The van der Waals surface area contributed by atoms with Crippen molar-refractivity contribution in [3.8, 4) is 0 Å². The van der Waals surface area contributed by atoms with Crippen molar-refractivity contribution in [1.29, 1.82) is 0 Å². The van der Waals surface area contributed by atoms with Crippen LogP contribution in [0.5, 0.6) is 0 Å². The zero-order chi connectivity index (χ0) is 13.0. The molecular formula is C14H27N3O. The number of carbonyl (C=O) groups excluding carboxylic acids is 1. The Morgan fingerprint density at radius 2 is 1.83 bits per heavy atom. The van der Waals surface area contributed by atoms with Crippen LogP contribution in [0.1, 0.15) is 45.4 Å². The molecule has 18 heavy (non-hydrogen) atoms. The average Bonchev–Trinajstić information content (AvgIpc) is 2.92. The van der Waals surface area contributed by atoms with E-state index in [0.29, 0.717) is 6.04 Å². The molecule has 104 valence electrons. The second-order valence-corrected chi connectivity index (χ2v) is 5.69. The van der Waals surface area contributed by atoms with E-state index in [1.54, 1.807) is 0 Å². The number of hydrogen-bond donors (Lipinski definition) is 1. The minimum Gasteiger partial charge on any atom is -0.341 e. The maximum Gasteiger partial charge on any atom is 0.239 e. The van der Waals surface area contributed by atoms with E-state index in [2.05, 4.69) is 11.8 Å². The lowest BCUT2D eigenvalue weighted by Crippen LogP contribution is -2.50. The molecule has 2 aliphatic rings. The van der Waals surface area contributed by atoms with E-state index in [9.17, 15) is 4.79 Å². The molecule has 0 radical (unpaired) electrons. The monoisotopic (exact) mass is 253 g/mol. The molecule has 0 bridgehead atoms. The molecule has 2 saturated heterocycles. The van der Waals surface area contributed by atoms with Crippen molar-refractivity contribution >= 4 is 5.91 Å². The second-order valence-electron chi connectivity index (χ2n) is 5.69. The first-order valence-corrected chi connectivity index (χ1v) is 7.50. The summed E-state index contributed by atoms with van der Waals surface area (Å²) in [6.07, 6.45) is 6.75. The number of rotatable bonds is 4. The molecule has 0 unspecified atom stereocenters. The van der Waals surface area contributed by atoms with Gasteiger partial charge in [-0.05, 0) is 45.2 Å². The average molecular weight is 253 g/mol. The van der Waals surface area contributed by atoms with Crippen molar-refractivity contribution < 1.29 is 4.79 Å². The molecule has 4 heteroatoms. The van der Waals surface area contributed by atoms with Gasteiger partial charge in [0.2, 0.25) is 5.91 Å². The number of amides is 1. The van der Waals surface area contributed by atoms with E-state index in [0.717, 1.165) is 38.8 Å². The Labute approximate surface area is 110 Å². The Hall–Kier alpha value is -0.610. The summed E-state index contributed by atoms with van der Waals surface area (Å²) in [4.78, 5) is 16.7. The Kier molecular flexibility index (Phi) is 5.01. The fraction of sp³-hybridized carbons (Fsp3) is 0.929. The highest BCUT2D eigenvalue weighted by Gasteiger charge is 2.29. The number of hydrogen-bond acceptors (Lipinski definition) is 3. The Morgan fingerprint density at radius 3 is 2.39 bits per heavy atom. The zero-order valence-electron chi connectivity index (χ0n) is 11.6. The maximum absolute atomic E-state index is 12.1. The first kappa shape index (κ1) is 13.8. The summed E-state index contributed by atoms with van der Waals surface area (Å²) in [5.41, 5.74) is 5.91. The third kappa shape index (κ3) is 3.23. The van der Waals surface area contributed by atoms with E-state index in [-0.39, 0.29) is 11.9 Å². The molecular weight excluding hydrogens is 226 g/mol. The first-order chi connectivity index (χ1) is 8.72. The lowest BCUT2D eigenvalue weighted by atomic mass is 10.0. The van der Waals surface area contributed by atoms with Crippen molar-refractivity contribution in [2.75, 3.05) is 26.2 Å². The maximum atomic E-state index is 12.1. The molecule has 2 fully saturated rings. The summed E-state index contributed by atoms with van der Waals surface area (Å²) >= 11 is 0. The molecule has 1 atom stereocenters. The van der Waals surface area contributed by atoms with Crippen LogP contribution < -0.4 is 5.73 Å². The van der Waals surface area contributed by atoms with Crippen LogP contribution in [0.4, 0.5) is 0 Å². The van der Waals surface area contributed by atoms with E-state index >= 15 is 0 Å². The van der Waals surface area contributed by atoms with Crippen LogP contribution in [0.25, 0.3) is 0 Å². The van der Waals surface area contributed by atoms with Gasteiger partial charge in [-0.3, -0.25) is 4.79 Å². The molecule has 2 N–H and O–H groups in total. The van der Waals surface area contributed by atoms with Crippen LogP contribution in [0.3, 0.4) is 0 Å². The molecule has 0 aliphatic carbocycles. The molecule has 0 spiro atoms. The smallest absolute Gasteiger partial charge is 0.239 e. The summed E-state index contributed by atoms with van der Waals surface area (Å²) in [6.45, 7) is 6.39. The highest BCUT2D eigenvalue weighted by atomic mass is 16.2. The molecule has 2 rings (SSSR count). The fourth-order valence-electron chi connectivity index (χ4n) is 3.23. The van der Waals surface area contributed by atoms with Gasteiger partial charge in [0.1, 0.15) is 0 Å². The summed E-state index contributed by atoms with van der Waals surface area (Å²) in [5.74, 6) is 0.164. The Morgan fingerprint density at radius 1 is 1.22 bits per heavy atom. The largest absolute Gasteiger partial charge is 0.341 e. The first-order valence-electron chi connectivity index (χ1n) is 7.50. The quantitative estimate of drug-likeness (QED) is 0.819. The number of nitrogens with zero attached hydrogens (tertiary/aromatic N) is 2.